The summed E-state index contributed by atoms with van der Waals surface area (Å²) in [6, 6.07) is 7.45. The maximum absolute atomic E-state index is 12.3. The van der Waals surface area contributed by atoms with Crippen molar-refractivity contribution in [3.05, 3.63) is 64.5 Å². The van der Waals surface area contributed by atoms with Crippen LogP contribution in [0.5, 0.6) is 0 Å². The Morgan fingerprint density at radius 1 is 1.19 bits per heavy atom. The first-order valence-electron chi connectivity index (χ1n) is 6.93. The van der Waals surface area contributed by atoms with E-state index in [1.165, 1.54) is 0 Å². The highest BCUT2D eigenvalue weighted by atomic mass is 16.3. The number of pyridine rings is 1. The molecule has 0 spiro atoms. The van der Waals surface area contributed by atoms with Crippen LogP contribution >= 0.6 is 0 Å². The average molecular weight is 284 g/mol. The average Bonchev–Trinajstić information content (AvgIpc) is 2.44. The number of aliphatic hydroxyl groups excluding tert-OH is 1. The van der Waals surface area contributed by atoms with Crippen molar-refractivity contribution in [3.8, 4) is 0 Å². The van der Waals surface area contributed by atoms with Gasteiger partial charge in [-0.05, 0) is 49.6 Å². The van der Waals surface area contributed by atoms with Crippen molar-refractivity contribution in [2.45, 2.75) is 26.9 Å². The maximum atomic E-state index is 12.3. The topological polar surface area (TPSA) is 62.2 Å². The molecular formula is C17H20N2O2. The Hall–Kier alpha value is -2.20. The molecule has 4 nitrogen and oxygen atoms in total. The van der Waals surface area contributed by atoms with E-state index < -0.39 is 6.10 Å². The zero-order valence-corrected chi connectivity index (χ0v) is 12.6. The minimum absolute atomic E-state index is 0.155. The number of benzene rings is 1. The van der Waals surface area contributed by atoms with Crippen molar-refractivity contribution in [3.63, 3.8) is 0 Å². The molecule has 0 fully saturated rings. The van der Waals surface area contributed by atoms with E-state index in [2.05, 4.69) is 10.3 Å². The van der Waals surface area contributed by atoms with Crippen molar-refractivity contribution >= 4 is 5.91 Å². The summed E-state index contributed by atoms with van der Waals surface area (Å²) in [4.78, 5) is 16.2. The van der Waals surface area contributed by atoms with Gasteiger partial charge in [0, 0.05) is 24.5 Å². The summed E-state index contributed by atoms with van der Waals surface area (Å²) >= 11 is 0. The van der Waals surface area contributed by atoms with Gasteiger partial charge >= 0.3 is 0 Å². The Morgan fingerprint density at radius 3 is 2.33 bits per heavy atom. The molecule has 0 aliphatic heterocycles. The number of hydrogen-bond acceptors (Lipinski definition) is 3. The van der Waals surface area contributed by atoms with Gasteiger partial charge in [0.15, 0.2) is 0 Å². The number of rotatable bonds is 4. The predicted octanol–water partition coefficient (Wildman–Crippen LogP) is 2.47. The first-order valence-corrected chi connectivity index (χ1v) is 6.93. The summed E-state index contributed by atoms with van der Waals surface area (Å²) in [7, 11) is 0. The number of carbonyl (C=O) groups is 1. The van der Waals surface area contributed by atoms with Gasteiger partial charge in [0.1, 0.15) is 0 Å². The first kappa shape index (κ1) is 15.2. The Labute approximate surface area is 124 Å². The third-order valence-corrected chi connectivity index (χ3v) is 3.45. The minimum atomic E-state index is -0.733. The molecule has 2 aromatic rings. The van der Waals surface area contributed by atoms with Crippen LogP contribution in [0.25, 0.3) is 0 Å². The van der Waals surface area contributed by atoms with Crippen LogP contribution in [0.3, 0.4) is 0 Å². The Bertz CT molecular complexity index is 615. The second-order valence-electron chi connectivity index (χ2n) is 5.28. The van der Waals surface area contributed by atoms with E-state index >= 15 is 0 Å². The molecule has 1 unspecified atom stereocenters. The fourth-order valence-electron chi connectivity index (χ4n) is 2.52. The molecular weight excluding hydrogens is 264 g/mol. The molecule has 1 amide bonds. The van der Waals surface area contributed by atoms with Gasteiger partial charge in [-0.15, -0.1) is 0 Å². The normalized spacial score (nSPS) is 12.0. The zero-order valence-electron chi connectivity index (χ0n) is 12.6. The highest BCUT2D eigenvalue weighted by molar-refractivity contribution is 5.97. The van der Waals surface area contributed by atoms with E-state index in [0.717, 1.165) is 22.3 Å². The Kier molecular flexibility index (Phi) is 4.70. The van der Waals surface area contributed by atoms with Crippen molar-refractivity contribution in [1.29, 1.82) is 0 Å². The molecule has 0 aliphatic rings. The third kappa shape index (κ3) is 3.67. The van der Waals surface area contributed by atoms with Gasteiger partial charge in [-0.1, -0.05) is 17.7 Å². The quantitative estimate of drug-likeness (QED) is 0.906. The highest BCUT2D eigenvalue weighted by Crippen LogP contribution is 2.17. The van der Waals surface area contributed by atoms with Gasteiger partial charge < -0.3 is 10.4 Å². The number of aliphatic hydroxyl groups is 1. The summed E-state index contributed by atoms with van der Waals surface area (Å²) in [5.41, 5.74) is 4.45. The van der Waals surface area contributed by atoms with E-state index in [1.807, 2.05) is 32.9 Å². The van der Waals surface area contributed by atoms with Crippen LogP contribution in [-0.2, 0) is 0 Å². The SMILES string of the molecule is Cc1cc(C)c(C(=O)NCC(O)c2ccncc2)c(C)c1. The van der Waals surface area contributed by atoms with Crippen LogP contribution in [0.4, 0.5) is 0 Å². The molecule has 21 heavy (non-hydrogen) atoms. The number of nitrogens with one attached hydrogen (secondary N) is 1. The first-order chi connectivity index (χ1) is 9.99. The number of nitrogens with zero attached hydrogens (tertiary/aromatic N) is 1. The summed E-state index contributed by atoms with van der Waals surface area (Å²) in [6.45, 7) is 6.03. The molecule has 4 heteroatoms. The van der Waals surface area contributed by atoms with Gasteiger partial charge in [-0.3, -0.25) is 9.78 Å². The smallest absolute Gasteiger partial charge is 0.251 e. The van der Waals surface area contributed by atoms with Crippen LogP contribution in [0.1, 0.15) is 38.7 Å². The molecule has 2 N–H and O–H groups in total. The van der Waals surface area contributed by atoms with Crippen LogP contribution in [0.15, 0.2) is 36.7 Å². The summed E-state index contributed by atoms with van der Waals surface area (Å²) in [5, 5.41) is 12.8. The van der Waals surface area contributed by atoms with E-state index in [4.69, 9.17) is 0 Å². The molecule has 0 radical (unpaired) electrons. The number of aryl methyl sites for hydroxylation is 3. The zero-order chi connectivity index (χ0) is 15.4. The molecule has 110 valence electrons. The fraction of sp³-hybridized carbons (Fsp3) is 0.294. The van der Waals surface area contributed by atoms with E-state index in [0.29, 0.717) is 5.56 Å². The maximum Gasteiger partial charge on any atom is 0.251 e. The van der Waals surface area contributed by atoms with Crippen LogP contribution in [-0.4, -0.2) is 22.5 Å². The Balaban J connectivity index is 2.06. The molecule has 0 aliphatic carbocycles. The largest absolute Gasteiger partial charge is 0.387 e. The monoisotopic (exact) mass is 284 g/mol. The van der Waals surface area contributed by atoms with E-state index in [9.17, 15) is 9.90 Å². The van der Waals surface area contributed by atoms with Gasteiger partial charge in [0.05, 0.1) is 6.10 Å². The number of aromatic nitrogens is 1. The lowest BCUT2D eigenvalue weighted by Gasteiger charge is -2.14. The van der Waals surface area contributed by atoms with Crippen LogP contribution in [0, 0.1) is 20.8 Å². The molecule has 1 atom stereocenters. The highest BCUT2D eigenvalue weighted by Gasteiger charge is 2.14. The molecule has 1 aromatic heterocycles. The summed E-state index contributed by atoms with van der Waals surface area (Å²) in [5.74, 6) is -0.155. The lowest BCUT2D eigenvalue weighted by Crippen LogP contribution is -2.29. The third-order valence-electron chi connectivity index (χ3n) is 3.45. The number of carbonyl (C=O) groups excluding carboxylic acids is 1. The van der Waals surface area contributed by atoms with Crippen molar-refractivity contribution in [1.82, 2.24) is 10.3 Å². The van der Waals surface area contributed by atoms with Crippen molar-refractivity contribution < 1.29 is 9.90 Å². The molecule has 0 saturated carbocycles. The summed E-state index contributed by atoms with van der Waals surface area (Å²) in [6.07, 6.45) is 2.51. The number of hydrogen-bond donors (Lipinski definition) is 2. The van der Waals surface area contributed by atoms with Gasteiger partial charge in [-0.25, -0.2) is 0 Å². The molecule has 0 saturated heterocycles. The molecule has 0 bridgehead atoms. The molecule has 1 heterocycles. The van der Waals surface area contributed by atoms with Gasteiger partial charge in [-0.2, -0.15) is 0 Å². The number of amides is 1. The molecule has 1 aromatic carbocycles. The standard InChI is InChI=1S/C17H20N2O2/c1-11-8-12(2)16(13(3)9-11)17(21)19-10-15(20)14-4-6-18-7-5-14/h4-9,15,20H,10H2,1-3H3,(H,19,21). The fourth-order valence-corrected chi connectivity index (χ4v) is 2.52. The minimum Gasteiger partial charge on any atom is -0.387 e. The van der Waals surface area contributed by atoms with Gasteiger partial charge in [0.2, 0.25) is 0 Å². The van der Waals surface area contributed by atoms with Crippen LogP contribution < -0.4 is 5.32 Å². The summed E-state index contributed by atoms with van der Waals surface area (Å²) < 4.78 is 0. The second-order valence-corrected chi connectivity index (χ2v) is 5.28. The van der Waals surface area contributed by atoms with E-state index in [1.54, 1.807) is 24.5 Å². The predicted molar refractivity (Wildman–Crippen MR) is 82.2 cm³/mol. The van der Waals surface area contributed by atoms with Crippen molar-refractivity contribution in [2.24, 2.45) is 0 Å². The lowest BCUT2D eigenvalue weighted by molar-refractivity contribution is 0.0915. The van der Waals surface area contributed by atoms with E-state index in [-0.39, 0.29) is 12.5 Å². The lowest BCUT2D eigenvalue weighted by atomic mass is 9.99. The van der Waals surface area contributed by atoms with Gasteiger partial charge in [0.25, 0.3) is 5.91 Å². The van der Waals surface area contributed by atoms with Crippen LogP contribution in [0.2, 0.25) is 0 Å². The molecule has 2 rings (SSSR count). The van der Waals surface area contributed by atoms with Crippen molar-refractivity contribution in [2.75, 3.05) is 6.54 Å². The Morgan fingerprint density at radius 2 is 1.76 bits per heavy atom. The second kappa shape index (κ2) is 6.50.